The number of carbonyl (C=O) groups is 1. The maximum absolute atomic E-state index is 13.0. The average Bonchev–Trinajstić information content (AvgIpc) is 3.07. The molecule has 0 saturated carbocycles. The summed E-state index contributed by atoms with van der Waals surface area (Å²) in [4.78, 5) is 17.5. The van der Waals surface area contributed by atoms with Crippen LogP contribution in [0.4, 0.5) is 5.69 Å². The molecule has 5 nitrogen and oxygen atoms in total. The molecule has 1 amide bonds. The number of nitrogens with one attached hydrogen (secondary N) is 1. The van der Waals surface area contributed by atoms with Crippen LogP contribution in [0.5, 0.6) is 0 Å². The van der Waals surface area contributed by atoms with Crippen LogP contribution in [0.25, 0.3) is 16.6 Å². The van der Waals surface area contributed by atoms with Crippen LogP contribution in [0.3, 0.4) is 0 Å². The van der Waals surface area contributed by atoms with E-state index in [1.807, 2.05) is 67.7 Å². The third-order valence-corrected chi connectivity index (χ3v) is 4.45. The molecular weight excluding hydrogens is 392 g/mol. The Morgan fingerprint density at radius 2 is 1.88 bits per heavy atom. The van der Waals surface area contributed by atoms with E-state index >= 15 is 0 Å². The highest BCUT2D eigenvalue weighted by Crippen LogP contribution is 2.24. The number of fused-ring (bicyclic) bond motifs is 1. The highest BCUT2D eigenvalue weighted by molar-refractivity contribution is 9.10. The zero-order valence-corrected chi connectivity index (χ0v) is 15.6. The number of rotatable bonds is 3. The number of para-hydroxylation sites is 3. The van der Waals surface area contributed by atoms with Crippen LogP contribution < -0.4 is 5.32 Å². The zero-order chi connectivity index (χ0) is 18.1. The number of anilines is 1. The van der Waals surface area contributed by atoms with Crippen molar-refractivity contribution in [2.75, 3.05) is 5.32 Å². The molecule has 4 aromatic rings. The summed E-state index contributed by atoms with van der Waals surface area (Å²) < 4.78 is 2.59. The summed E-state index contributed by atoms with van der Waals surface area (Å²) in [5.41, 5.74) is 3.69. The lowest BCUT2D eigenvalue weighted by Crippen LogP contribution is -2.15. The van der Waals surface area contributed by atoms with Crippen LogP contribution >= 0.6 is 15.9 Å². The molecule has 4 rings (SSSR count). The number of pyridine rings is 1. The van der Waals surface area contributed by atoms with Gasteiger partial charge in [-0.3, -0.25) is 9.78 Å². The van der Waals surface area contributed by atoms with Crippen molar-refractivity contribution >= 4 is 38.4 Å². The first-order valence-corrected chi connectivity index (χ1v) is 8.88. The quantitative estimate of drug-likeness (QED) is 0.534. The fraction of sp³-hybridized carbons (Fsp3) is 0.0500. The number of hydrogen-bond donors (Lipinski definition) is 1. The highest BCUT2D eigenvalue weighted by Gasteiger charge is 2.14. The van der Waals surface area contributed by atoms with Gasteiger partial charge in [0.2, 0.25) is 0 Å². The molecule has 128 valence electrons. The maximum Gasteiger partial charge on any atom is 0.256 e. The van der Waals surface area contributed by atoms with Crippen LogP contribution in [0.15, 0.2) is 71.5 Å². The Bertz CT molecular complexity index is 1120. The Hall–Kier alpha value is -2.99. The lowest BCUT2D eigenvalue weighted by Gasteiger charge is -2.12. The van der Waals surface area contributed by atoms with Gasteiger partial charge in [0.05, 0.1) is 33.1 Å². The van der Waals surface area contributed by atoms with E-state index < -0.39 is 0 Å². The summed E-state index contributed by atoms with van der Waals surface area (Å²) in [6, 6.07) is 17.0. The number of amides is 1. The topological polar surface area (TPSA) is 59.8 Å². The van der Waals surface area contributed by atoms with Gasteiger partial charge >= 0.3 is 0 Å². The normalized spacial score (nSPS) is 10.8. The van der Waals surface area contributed by atoms with Gasteiger partial charge in [-0.05, 0) is 47.1 Å². The molecule has 0 spiro atoms. The first-order chi connectivity index (χ1) is 12.6. The van der Waals surface area contributed by atoms with E-state index in [1.165, 1.54) is 0 Å². The van der Waals surface area contributed by atoms with Gasteiger partial charge < -0.3 is 5.32 Å². The van der Waals surface area contributed by atoms with Gasteiger partial charge in [0, 0.05) is 17.3 Å². The second-order valence-electron chi connectivity index (χ2n) is 5.90. The molecule has 2 heterocycles. The van der Waals surface area contributed by atoms with E-state index in [1.54, 1.807) is 10.9 Å². The largest absolute Gasteiger partial charge is 0.320 e. The average molecular weight is 407 g/mol. The molecule has 2 aromatic carbocycles. The monoisotopic (exact) mass is 406 g/mol. The molecule has 0 aliphatic carbocycles. The fourth-order valence-corrected chi connectivity index (χ4v) is 3.18. The number of benzene rings is 2. The van der Waals surface area contributed by atoms with Crippen molar-refractivity contribution in [1.29, 1.82) is 0 Å². The Morgan fingerprint density at radius 3 is 2.69 bits per heavy atom. The van der Waals surface area contributed by atoms with Gasteiger partial charge in [-0.25, -0.2) is 4.68 Å². The molecule has 26 heavy (non-hydrogen) atoms. The predicted molar refractivity (Wildman–Crippen MR) is 106 cm³/mol. The lowest BCUT2D eigenvalue weighted by atomic mass is 10.1. The SMILES string of the molecule is Cc1cc(C(=O)Nc2ccccc2-n2cc(Br)cn2)c2ccccc2n1. The zero-order valence-electron chi connectivity index (χ0n) is 14.0. The van der Waals surface area contributed by atoms with Crippen molar-refractivity contribution in [3.05, 3.63) is 82.7 Å². The molecule has 0 atom stereocenters. The van der Waals surface area contributed by atoms with Crippen molar-refractivity contribution in [3.63, 3.8) is 0 Å². The summed E-state index contributed by atoms with van der Waals surface area (Å²) >= 11 is 3.40. The summed E-state index contributed by atoms with van der Waals surface area (Å²) in [7, 11) is 0. The Kier molecular flexibility index (Phi) is 4.26. The molecule has 0 unspecified atom stereocenters. The van der Waals surface area contributed by atoms with Gasteiger partial charge in [-0.2, -0.15) is 5.10 Å². The number of halogens is 1. The molecule has 0 aliphatic heterocycles. The molecule has 6 heteroatoms. The molecular formula is C20H15BrN4O. The Morgan fingerprint density at radius 1 is 1.12 bits per heavy atom. The second kappa shape index (κ2) is 6.72. The second-order valence-corrected chi connectivity index (χ2v) is 6.82. The van der Waals surface area contributed by atoms with E-state index in [0.29, 0.717) is 11.3 Å². The third-order valence-electron chi connectivity index (χ3n) is 4.04. The number of aromatic nitrogens is 3. The van der Waals surface area contributed by atoms with Crippen molar-refractivity contribution in [3.8, 4) is 5.69 Å². The summed E-state index contributed by atoms with van der Waals surface area (Å²) in [5.74, 6) is -0.176. The van der Waals surface area contributed by atoms with E-state index in [4.69, 9.17) is 0 Å². The summed E-state index contributed by atoms with van der Waals surface area (Å²) in [5, 5.41) is 8.14. The van der Waals surface area contributed by atoms with Crippen molar-refractivity contribution in [1.82, 2.24) is 14.8 Å². The predicted octanol–water partition coefficient (Wildman–Crippen LogP) is 4.74. The molecule has 0 fully saturated rings. The van der Waals surface area contributed by atoms with Crippen molar-refractivity contribution in [2.45, 2.75) is 6.92 Å². The number of carbonyl (C=O) groups excluding carboxylic acids is 1. The van der Waals surface area contributed by atoms with Crippen LogP contribution in [0.2, 0.25) is 0 Å². The molecule has 0 radical (unpaired) electrons. The third kappa shape index (κ3) is 3.11. The van der Waals surface area contributed by atoms with Gasteiger partial charge in [0.1, 0.15) is 0 Å². The van der Waals surface area contributed by atoms with E-state index in [2.05, 4.69) is 31.3 Å². The fourth-order valence-electron chi connectivity index (χ4n) is 2.90. The van der Waals surface area contributed by atoms with Gasteiger partial charge in [0.15, 0.2) is 0 Å². The number of aryl methyl sites for hydroxylation is 1. The van der Waals surface area contributed by atoms with Crippen LogP contribution in [0, 0.1) is 6.92 Å². The number of hydrogen-bond acceptors (Lipinski definition) is 3. The minimum atomic E-state index is -0.176. The smallest absolute Gasteiger partial charge is 0.256 e. The van der Waals surface area contributed by atoms with E-state index in [9.17, 15) is 4.79 Å². The van der Waals surface area contributed by atoms with Gasteiger partial charge in [-0.15, -0.1) is 0 Å². The van der Waals surface area contributed by atoms with Crippen LogP contribution in [-0.2, 0) is 0 Å². The van der Waals surface area contributed by atoms with Crippen molar-refractivity contribution in [2.24, 2.45) is 0 Å². The minimum absolute atomic E-state index is 0.176. The molecule has 0 aliphatic rings. The minimum Gasteiger partial charge on any atom is -0.320 e. The standard InChI is InChI=1S/C20H15BrN4O/c1-13-10-16(15-6-2-3-7-17(15)23-13)20(26)24-18-8-4-5-9-19(18)25-12-14(21)11-22-25/h2-12H,1H3,(H,24,26). The number of nitrogens with zero attached hydrogens (tertiary/aromatic N) is 3. The molecule has 2 aromatic heterocycles. The highest BCUT2D eigenvalue weighted by atomic mass is 79.9. The summed E-state index contributed by atoms with van der Waals surface area (Å²) in [6.45, 7) is 1.89. The van der Waals surface area contributed by atoms with Gasteiger partial charge in [-0.1, -0.05) is 30.3 Å². The van der Waals surface area contributed by atoms with E-state index in [0.717, 1.165) is 26.8 Å². The summed E-state index contributed by atoms with van der Waals surface area (Å²) in [6.07, 6.45) is 3.55. The first-order valence-electron chi connectivity index (χ1n) is 8.09. The van der Waals surface area contributed by atoms with Crippen LogP contribution in [-0.4, -0.2) is 20.7 Å². The van der Waals surface area contributed by atoms with E-state index in [-0.39, 0.29) is 5.91 Å². The van der Waals surface area contributed by atoms with Gasteiger partial charge in [0.25, 0.3) is 5.91 Å². The molecule has 0 bridgehead atoms. The lowest BCUT2D eigenvalue weighted by molar-refractivity contribution is 0.102. The molecule has 1 N–H and O–H groups in total. The Balaban J connectivity index is 1.75. The first kappa shape index (κ1) is 16.5. The molecule has 0 saturated heterocycles. The van der Waals surface area contributed by atoms with Crippen LogP contribution in [0.1, 0.15) is 16.1 Å². The Labute approximate surface area is 158 Å². The maximum atomic E-state index is 13.0. The van der Waals surface area contributed by atoms with Crippen molar-refractivity contribution < 1.29 is 4.79 Å².